The summed E-state index contributed by atoms with van der Waals surface area (Å²) in [4.78, 5) is 13.1. The van der Waals surface area contributed by atoms with Gasteiger partial charge < -0.3 is 5.73 Å². The largest absolute Gasteiger partial charge is 0.384 e. The highest BCUT2D eigenvalue weighted by Crippen LogP contribution is 2.35. The van der Waals surface area contributed by atoms with Crippen molar-refractivity contribution in [2.75, 3.05) is 0 Å². The lowest BCUT2D eigenvalue weighted by molar-refractivity contribution is 0.906. The van der Waals surface area contributed by atoms with Crippen LogP contribution in [0.25, 0.3) is 17.5 Å². The highest BCUT2D eigenvalue weighted by atomic mass is 127. The summed E-state index contributed by atoms with van der Waals surface area (Å²) < 4.78 is 4.27. The van der Waals surface area contributed by atoms with Crippen LogP contribution in [0.1, 0.15) is 17.0 Å². The van der Waals surface area contributed by atoms with Gasteiger partial charge in [0.25, 0.3) is 5.56 Å². The molecular weight excluding hydrogens is 622 g/mol. The summed E-state index contributed by atoms with van der Waals surface area (Å²) >= 11 is 5.62. The van der Waals surface area contributed by atoms with Gasteiger partial charge in [0.1, 0.15) is 10.5 Å². The maximum atomic E-state index is 13.1. The van der Waals surface area contributed by atoms with E-state index in [1.54, 1.807) is 6.08 Å². The lowest BCUT2D eigenvalue weighted by Crippen LogP contribution is -2.38. The fraction of sp³-hybridized carbons (Fsp3) is 0.0455. The molecule has 30 heavy (non-hydrogen) atoms. The van der Waals surface area contributed by atoms with Gasteiger partial charge in [-0.3, -0.25) is 9.36 Å². The molecule has 0 saturated heterocycles. The Bertz CT molecular complexity index is 1480. The molecule has 4 rings (SSSR count). The first-order chi connectivity index (χ1) is 14.4. The average molecular weight is 634 g/mol. The van der Waals surface area contributed by atoms with Crippen molar-refractivity contribution >= 4 is 74.0 Å². The molecule has 0 saturated carbocycles. The number of allylic oxidation sites excluding steroid dienone is 1. The Balaban J connectivity index is 2.07. The number of halogens is 2. The Morgan fingerprint density at radius 1 is 1.03 bits per heavy atom. The predicted molar refractivity (Wildman–Crippen MR) is 134 cm³/mol. The fourth-order valence-electron chi connectivity index (χ4n) is 3.42. The molecule has 0 spiro atoms. The maximum absolute atomic E-state index is 13.1. The monoisotopic (exact) mass is 634 g/mol. The summed E-state index contributed by atoms with van der Waals surface area (Å²) in [6, 6.07) is 19.7. The van der Waals surface area contributed by atoms with Gasteiger partial charge in [0.15, 0.2) is 0 Å². The third-order valence-electron chi connectivity index (χ3n) is 4.72. The van der Waals surface area contributed by atoms with E-state index in [0.29, 0.717) is 14.8 Å². The van der Waals surface area contributed by atoms with E-state index >= 15 is 0 Å². The molecule has 8 heteroatoms. The number of aromatic nitrogens is 1. The first-order valence-electron chi connectivity index (χ1n) is 8.73. The predicted octanol–water partition coefficient (Wildman–Crippen LogP) is 3.07. The molecule has 2 heterocycles. The van der Waals surface area contributed by atoms with Gasteiger partial charge in [-0.05, 0) is 86.7 Å². The van der Waals surface area contributed by atoms with Gasteiger partial charge in [-0.2, -0.15) is 10.5 Å². The van der Waals surface area contributed by atoms with Crippen LogP contribution in [-0.4, -0.2) is 4.57 Å². The smallest absolute Gasteiger partial charge is 0.274 e. The molecule has 5 nitrogen and oxygen atoms in total. The van der Waals surface area contributed by atoms with Crippen molar-refractivity contribution in [3.8, 4) is 12.1 Å². The SMILES string of the molecule is N#CC1=C(N)n2c(sc(=Cc3cccc(I)c3)c2=O)=C(C#N)C1c1cccc(I)c1. The molecule has 1 unspecified atom stereocenters. The molecule has 2 N–H and O–H groups in total. The zero-order valence-electron chi connectivity index (χ0n) is 15.3. The van der Waals surface area contributed by atoms with E-state index in [4.69, 9.17) is 5.73 Å². The second-order valence-electron chi connectivity index (χ2n) is 6.54. The van der Waals surface area contributed by atoms with Gasteiger partial charge >= 0.3 is 0 Å². The number of hydrogen-bond acceptors (Lipinski definition) is 5. The minimum atomic E-state index is -0.599. The number of hydrogen-bond donors (Lipinski definition) is 1. The van der Waals surface area contributed by atoms with E-state index in [0.717, 1.165) is 18.3 Å². The van der Waals surface area contributed by atoms with Crippen LogP contribution in [-0.2, 0) is 0 Å². The molecule has 2 aromatic carbocycles. The summed E-state index contributed by atoms with van der Waals surface area (Å²) in [5, 5.41) is 19.8. The Kier molecular flexibility index (Phi) is 5.82. The van der Waals surface area contributed by atoms with Gasteiger partial charge in [-0.1, -0.05) is 24.3 Å². The van der Waals surface area contributed by atoms with E-state index in [1.165, 1.54) is 15.9 Å². The second kappa shape index (κ2) is 8.38. The van der Waals surface area contributed by atoms with Crippen molar-refractivity contribution in [1.82, 2.24) is 4.57 Å². The van der Waals surface area contributed by atoms with Crippen molar-refractivity contribution in [2.24, 2.45) is 5.73 Å². The van der Waals surface area contributed by atoms with Crippen LogP contribution in [0.2, 0.25) is 0 Å². The van der Waals surface area contributed by atoms with Gasteiger partial charge in [-0.25, -0.2) is 0 Å². The number of fused-ring (bicyclic) bond motifs is 1. The van der Waals surface area contributed by atoms with Crippen molar-refractivity contribution in [3.63, 3.8) is 0 Å². The van der Waals surface area contributed by atoms with Crippen LogP contribution in [0.15, 0.2) is 58.9 Å². The topological polar surface area (TPSA) is 95.6 Å². The molecule has 0 bridgehead atoms. The van der Waals surface area contributed by atoms with Crippen molar-refractivity contribution in [2.45, 2.75) is 5.92 Å². The van der Waals surface area contributed by atoms with Crippen molar-refractivity contribution < 1.29 is 0 Å². The Morgan fingerprint density at radius 2 is 1.70 bits per heavy atom. The zero-order valence-corrected chi connectivity index (χ0v) is 20.4. The van der Waals surface area contributed by atoms with Crippen LogP contribution in [0.5, 0.6) is 0 Å². The fourth-order valence-corrected chi connectivity index (χ4v) is 5.68. The summed E-state index contributed by atoms with van der Waals surface area (Å²) in [7, 11) is 0. The number of rotatable bonds is 2. The lowest BCUT2D eigenvalue weighted by Gasteiger charge is -2.22. The van der Waals surface area contributed by atoms with Crippen LogP contribution < -0.4 is 20.5 Å². The number of thiazole rings is 1. The van der Waals surface area contributed by atoms with Gasteiger partial charge in [-0.15, -0.1) is 11.3 Å². The molecule has 3 aromatic rings. The zero-order chi connectivity index (χ0) is 21.4. The van der Waals surface area contributed by atoms with Crippen LogP contribution in [0.4, 0.5) is 0 Å². The first kappa shape index (κ1) is 20.8. The quantitative estimate of drug-likeness (QED) is 0.439. The standard InChI is InChI=1S/C22H12I2N4OS/c23-14-5-1-3-12(7-14)8-18-21(29)28-20(27)16(10-25)19(17(11-26)22(28)30-18)13-4-2-6-15(24)9-13/h1-9,19H,27H2. The summed E-state index contributed by atoms with van der Waals surface area (Å²) in [6.07, 6.45) is 1.79. The second-order valence-corrected chi connectivity index (χ2v) is 10.1. The van der Waals surface area contributed by atoms with Crippen LogP contribution in [0.3, 0.4) is 0 Å². The minimum Gasteiger partial charge on any atom is -0.384 e. The minimum absolute atomic E-state index is 0.0823. The third kappa shape index (κ3) is 3.60. The van der Waals surface area contributed by atoms with Gasteiger partial charge in [0.2, 0.25) is 0 Å². The molecule has 1 aromatic heterocycles. The third-order valence-corrected chi connectivity index (χ3v) is 7.17. The van der Waals surface area contributed by atoms with Gasteiger partial charge in [0.05, 0.1) is 33.7 Å². The normalized spacial score (nSPS) is 16.2. The van der Waals surface area contributed by atoms with Crippen LogP contribution in [0, 0.1) is 29.8 Å². The number of nitriles is 2. The number of benzene rings is 2. The Labute approximate surface area is 203 Å². The average Bonchev–Trinajstić information content (AvgIpc) is 3.04. The van der Waals surface area contributed by atoms with E-state index in [1.807, 2.05) is 48.5 Å². The molecular formula is C22H12I2N4OS. The molecule has 1 atom stereocenters. The van der Waals surface area contributed by atoms with Crippen molar-refractivity contribution in [1.29, 1.82) is 10.5 Å². The lowest BCUT2D eigenvalue weighted by atomic mass is 9.84. The molecule has 0 radical (unpaired) electrons. The van der Waals surface area contributed by atoms with E-state index in [2.05, 4.69) is 57.3 Å². The van der Waals surface area contributed by atoms with Crippen molar-refractivity contribution in [3.05, 3.63) is 91.9 Å². The number of nitrogens with two attached hydrogens (primary N) is 1. The highest BCUT2D eigenvalue weighted by molar-refractivity contribution is 14.1. The van der Waals surface area contributed by atoms with Gasteiger partial charge in [0, 0.05) is 7.14 Å². The molecule has 146 valence electrons. The summed E-state index contributed by atoms with van der Waals surface area (Å²) in [6.45, 7) is 0. The molecule has 0 fully saturated rings. The maximum Gasteiger partial charge on any atom is 0.274 e. The summed E-state index contributed by atoms with van der Waals surface area (Å²) in [5.74, 6) is -0.516. The Morgan fingerprint density at radius 3 is 2.33 bits per heavy atom. The van der Waals surface area contributed by atoms with Crippen LogP contribution >= 0.6 is 56.5 Å². The molecule has 0 aliphatic carbocycles. The van der Waals surface area contributed by atoms with E-state index < -0.39 is 5.92 Å². The first-order valence-corrected chi connectivity index (χ1v) is 11.7. The van der Waals surface area contributed by atoms with E-state index in [9.17, 15) is 15.3 Å². The Hall–Kier alpha value is -2.41. The highest BCUT2D eigenvalue weighted by Gasteiger charge is 2.32. The molecule has 1 aliphatic rings. The molecule has 1 aliphatic heterocycles. The molecule has 0 amide bonds. The van der Waals surface area contributed by atoms with E-state index in [-0.39, 0.29) is 17.0 Å². The number of nitrogens with zero attached hydrogens (tertiary/aromatic N) is 3. The summed E-state index contributed by atoms with van der Waals surface area (Å²) in [5.41, 5.74) is 8.22.